The Kier molecular flexibility index (Phi) is 5.28. The van der Waals surface area contributed by atoms with Gasteiger partial charge in [-0.25, -0.2) is 9.97 Å². The molecule has 4 nitrogen and oxygen atoms in total. The van der Waals surface area contributed by atoms with Gasteiger partial charge in [-0.2, -0.15) is 13.2 Å². The number of carbonyl (C=O) groups excluding carboxylic acids is 1. The van der Waals surface area contributed by atoms with Gasteiger partial charge in [0.05, 0.1) is 11.3 Å². The number of hydrogen-bond acceptors (Lipinski definition) is 4. The molecule has 0 radical (unpaired) electrons. The lowest BCUT2D eigenvalue weighted by Crippen LogP contribution is -2.35. The molecule has 154 valence electrons. The van der Waals surface area contributed by atoms with Crippen molar-refractivity contribution in [2.75, 3.05) is 18.0 Å². The van der Waals surface area contributed by atoms with Crippen LogP contribution in [0.25, 0.3) is 22.4 Å². The lowest BCUT2D eigenvalue weighted by atomic mass is 9.97. The van der Waals surface area contributed by atoms with Crippen molar-refractivity contribution in [2.24, 2.45) is 0 Å². The van der Waals surface area contributed by atoms with Crippen molar-refractivity contribution >= 4 is 11.6 Å². The molecule has 0 spiro atoms. The lowest BCUT2D eigenvalue weighted by Gasteiger charge is -2.30. The fourth-order valence-corrected chi connectivity index (χ4v) is 3.56. The monoisotopic (exact) mass is 411 g/mol. The van der Waals surface area contributed by atoms with Crippen molar-refractivity contribution < 1.29 is 18.0 Å². The molecule has 1 aromatic heterocycles. The van der Waals surface area contributed by atoms with Crippen molar-refractivity contribution in [1.82, 2.24) is 9.97 Å². The molecule has 4 rings (SSSR count). The van der Waals surface area contributed by atoms with Crippen LogP contribution in [0.15, 0.2) is 54.6 Å². The van der Waals surface area contributed by atoms with Crippen molar-refractivity contribution in [3.63, 3.8) is 0 Å². The van der Waals surface area contributed by atoms with E-state index in [0.29, 0.717) is 37.1 Å². The van der Waals surface area contributed by atoms with E-state index < -0.39 is 12.0 Å². The fourth-order valence-electron chi connectivity index (χ4n) is 3.56. The molecule has 1 aliphatic heterocycles. The van der Waals surface area contributed by atoms with Crippen molar-refractivity contribution in [3.05, 3.63) is 66.0 Å². The van der Waals surface area contributed by atoms with Gasteiger partial charge in [-0.15, -0.1) is 0 Å². The SMILES string of the molecule is Cc1ccc(-c2nc(C(F)(F)F)nc(N3CCC(=O)CC3)c2-c2ccccc2)cc1. The van der Waals surface area contributed by atoms with E-state index in [1.807, 2.05) is 49.4 Å². The molecule has 3 aromatic rings. The van der Waals surface area contributed by atoms with Gasteiger partial charge in [-0.3, -0.25) is 4.79 Å². The number of rotatable bonds is 3. The first-order chi connectivity index (χ1) is 14.3. The zero-order valence-corrected chi connectivity index (χ0v) is 16.4. The standard InChI is InChI=1S/C23H20F3N3O/c1-15-7-9-17(10-8-15)20-19(16-5-3-2-4-6-16)21(28-22(27-20)23(24,25)26)29-13-11-18(30)12-14-29/h2-10H,11-14H2,1H3. The number of benzene rings is 2. The first kappa shape index (κ1) is 20.1. The van der Waals surface area contributed by atoms with E-state index in [4.69, 9.17) is 0 Å². The van der Waals surface area contributed by atoms with E-state index in [9.17, 15) is 18.0 Å². The largest absolute Gasteiger partial charge is 0.451 e. The second-order valence-electron chi connectivity index (χ2n) is 7.35. The van der Waals surface area contributed by atoms with Gasteiger partial charge in [0, 0.05) is 31.5 Å². The van der Waals surface area contributed by atoms with E-state index >= 15 is 0 Å². The number of anilines is 1. The number of piperidine rings is 1. The van der Waals surface area contributed by atoms with Crippen molar-refractivity contribution in [1.29, 1.82) is 0 Å². The molecule has 30 heavy (non-hydrogen) atoms. The Morgan fingerprint density at radius 3 is 2.10 bits per heavy atom. The van der Waals surface area contributed by atoms with E-state index in [1.165, 1.54) is 0 Å². The highest BCUT2D eigenvalue weighted by molar-refractivity contribution is 5.90. The molecule has 0 amide bonds. The summed E-state index contributed by atoms with van der Waals surface area (Å²) >= 11 is 0. The van der Waals surface area contributed by atoms with Gasteiger partial charge in [0.2, 0.25) is 5.82 Å². The molecule has 0 saturated carbocycles. The third-order valence-corrected chi connectivity index (χ3v) is 5.15. The highest BCUT2D eigenvalue weighted by atomic mass is 19.4. The number of hydrogen-bond donors (Lipinski definition) is 0. The van der Waals surface area contributed by atoms with E-state index in [0.717, 1.165) is 11.1 Å². The zero-order chi connectivity index (χ0) is 21.3. The van der Waals surface area contributed by atoms with E-state index in [-0.39, 0.29) is 17.3 Å². The summed E-state index contributed by atoms with van der Waals surface area (Å²) in [5, 5.41) is 0. The zero-order valence-electron chi connectivity index (χ0n) is 16.4. The molecular formula is C23H20F3N3O. The first-order valence-corrected chi connectivity index (χ1v) is 9.71. The minimum Gasteiger partial charge on any atom is -0.355 e. The minimum absolute atomic E-state index is 0.108. The topological polar surface area (TPSA) is 46.1 Å². The second kappa shape index (κ2) is 7.89. The van der Waals surface area contributed by atoms with Crippen molar-refractivity contribution in [2.45, 2.75) is 25.9 Å². The first-order valence-electron chi connectivity index (χ1n) is 9.71. The minimum atomic E-state index is -4.69. The van der Waals surface area contributed by atoms with Crippen LogP contribution in [0.3, 0.4) is 0 Å². The van der Waals surface area contributed by atoms with Gasteiger partial charge in [-0.1, -0.05) is 60.2 Å². The third-order valence-electron chi connectivity index (χ3n) is 5.15. The van der Waals surface area contributed by atoms with Gasteiger partial charge in [-0.05, 0) is 12.5 Å². The predicted molar refractivity (Wildman–Crippen MR) is 109 cm³/mol. The number of aryl methyl sites for hydroxylation is 1. The maximum atomic E-state index is 13.7. The molecule has 1 aliphatic rings. The number of aromatic nitrogens is 2. The summed E-state index contributed by atoms with van der Waals surface area (Å²) in [5.41, 5.74) is 3.09. The Bertz CT molecular complexity index is 1050. The summed E-state index contributed by atoms with van der Waals surface area (Å²) in [7, 11) is 0. The van der Waals surface area contributed by atoms with Crippen LogP contribution in [0.5, 0.6) is 0 Å². The van der Waals surface area contributed by atoms with Crippen LogP contribution in [0.2, 0.25) is 0 Å². The van der Waals surface area contributed by atoms with Crippen LogP contribution in [0.4, 0.5) is 19.0 Å². The fraction of sp³-hybridized carbons (Fsp3) is 0.261. The molecule has 1 fully saturated rings. The number of nitrogens with zero attached hydrogens (tertiary/aromatic N) is 3. The van der Waals surface area contributed by atoms with Gasteiger partial charge < -0.3 is 4.90 Å². The van der Waals surface area contributed by atoms with Crippen LogP contribution in [0, 0.1) is 6.92 Å². The lowest BCUT2D eigenvalue weighted by molar-refractivity contribution is -0.144. The Balaban J connectivity index is 2.00. The average Bonchev–Trinajstić information content (AvgIpc) is 2.74. The molecule has 2 heterocycles. The molecule has 0 unspecified atom stereocenters. The maximum Gasteiger partial charge on any atom is 0.451 e. The maximum absolute atomic E-state index is 13.7. The van der Waals surface area contributed by atoms with Gasteiger partial charge >= 0.3 is 6.18 Å². The second-order valence-corrected chi connectivity index (χ2v) is 7.35. The van der Waals surface area contributed by atoms with Gasteiger partial charge in [0.25, 0.3) is 0 Å². The molecule has 0 atom stereocenters. The van der Waals surface area contributed by atoms with Crippen LogP contribution >= 0.6 is 0 Å². The number of carbonyl (C=O) groups is 1. The Hall–Kier alpha value is -3.22. The summed E-state index contributed by atoms with van der Waals surface area (Å²) in [5.74, 6) is -0.854. The summed E-state index contributed by atoms with van der Waals surface area (Å²) < 4.78 is 41.1. The third kappa shape index (κ3) is 4.06. The highest BCUT2D eigenvalue weighted by Gasteiger charge is 2.37. The molecule has 0 aliphatic carbocycles. The number of ketones is 1. The van der Waals surface area contributed by atoms with Crippen LogP contribution < -0.4 is 4.90 Å². The Morgan fingerprint density at radius 2 is 1.50 bits per heavy atom. The highest BCUT2D eigenvalue weighted by Crippen LogP contribution is 2.40. The normalized spacial score (nSPS) is 14.8. The van der Waals surface area contributed by atoms with Crippen LogP contribution in [-0.2, 0) is 11.0 Å². The van der Waals surface area contributed by atoms with E-state index in [1.54, 1.807) is 17.0 Å². The Labute approximate surface area is 172 Å². The quantitative estimate of drug-likeness (QED) is 0.586. The summed E-state index contributed by atoms with van der Waals surface area (Å²) in [6.07, 6.45) is -4.10. The smallest absolute Gasteiger partial charge is 0.355 e. The summed E-state index contributed by atoms with van der Waals surface area (Å²) in [4.78, 5) is 21.4. The average molecular weight is 411 g/mol. The van der Waals surface area contributed by atoms with Crippen LogP contribution in [-0.4, -0.2) is 28.8 Å². The number of Topliss-reactive ketones (excluding diaryl/α,β-unsaturated/α-hetero) is 1. The molecule has 1 saturated heterocycles. The van der Waals surface area contributed by atoms with Gasteiger partial charge in [0.1, 0.15) is 11.6 Å². The van der Waals surface area contributed by atoms with Crippen molar-refractivity contribution in [3.8, 4) is 22.4 Å². The molecular weight excluding hydrogens is 391 g/mol. The number of halogens is 3. The van der Waals surface area contributed by atoms with Gasteiger partial charge in [0.15, 0.2) is 0 Å². The molecule has 2 aromatic carbocycles. The molecule has 0 N–H and O–H groups in total. The number of alkyl halides is 3. The predicted octanol–water partition coefficient (Wildman–Crippen LogP) is 5.31. The summed E-state index contributed by atoms with van der Waals surface area (Å²) in [6.45, 7) is 2.58. The van der Waals surface area contributed by atoms with E-state index in [2.05, 4.69) is 9.97 Å². The summed E-state index contributed by atoms with van der Waals surface area (Å²) in [6, 6.07) is 16.4. The molecule has 7 heteroatoms. The molecule has 0 bridgehead atoms. The van der Waals surface area contributed by atoms with Crippen LogP contribution in [0.1, 0.15) is 24.2 Å². The Morgan fingerprint density at radius 1 is 0.867 bits per heavy atom.